The molecule has 418 valence electrons. The van der Waals surface area contributed by atoms with Gasteiger partial charge in [-0.05, 0) is 83.5 Å². The summed E-state index contributed by atoms with van der Waals surface area (Å²) in [4.78, 5) is 38.2. The van der Waals surface area contributed by atoms with Crippen LogP contribution in [-0.4, -0.2) is 37.2 Å². The van der Waals surface area contributed by atoms with Crippen molar-refractivity contribution in [1.29, 1.82) is 0 Å². The third-order valence-corrected chi connectivity index (χ3v) is 13.1. The highest BCUT2D eigenvalue weighted by Crippen LogP contribution is 2.17. The third-order valence-electron chi connectivity index (χ3n) is 13.1. The fourth-order valence-electron chi connectivity index (χ4n) is 8.57. The Hall–Kier alpha value is -3.67. The Balaban J connectivity index is 4.34. The number of hydrogen-bond donors (Lipinski definition) is 0. The number of esters is 3. The molecule has 0 aliphatic rings. The number of carbonyl (C=O) groups is 3. The van der Waals surface area contributed by atoms with E-state index in [9.17, 15) is 14.4 Å². The Morgan fingerprint density at radius 3 is 0.918 bits per heavy atom. The van der Waals surface area contributed by atoms with Crippen molar-refractivity contribution in [1.82, 2.24) is 0 Å². The van der Waals surface area contributed by atoms with Crippen LogP contribution in [0.4, 0.5) is 0 Å². The van der Waals surface area contributed by atoms with Crippen molar-refractivity contribution in [3.8, 4) is 0 Å². The van der Waals surface area contributed by atoms with Gasteiger partial charge in [-0.25, -0.2) is 0 Å². The van der Waals surface area contributed by atoms with Gasteiger partial charge in [0.05, 0.1) is 0 Å². The van der Waals surface area contributed by atoms with Crippen LogP contribution in [-0.2, 0) is 28.6 Å². The lowest BCUT2D eigenvalue weighted by Crippen LogP contribution is -2.30. The van der Waals surface area contributed by atoms with Gasteiger partial charge in [0.2, 0.25) is 0 Å². The minimum absolute atomic E-state index is 0.108. The monoisotopic (exact) mass is 1010 g/mol. The number of hydrogen-bond acceptors (Lipinski definition) is 6. The zero-order valence-corrected chi connectivity index (χ0v) is 47.9. The van der Waals surface area contributed by atoms with Gasteiger partial charge in [-0.3, -0.25) is 14.4 Å². The Morgan fingerprint density at radius 1 is 0.288 bits per heavy atom. The molecule has 6 heteroatoms. The molecule has 0 aromatic rings. The molecule has 73 heavy (non-hydrogen) atoms. The molecule has 0 radical (unpaired) electrons. The molecule has 0 saturated heterocycles. The molecule has 0 aromatic heterocycles. The normalized spacial score (nSPS) is 12.8. The maximum absolute atomic E-state index is 12.9. The number of allylic oxidation sites excluding steroid dienone is 16. The second-order valence-corrected chi connectivity index (χ2v) is 20.2. The molecule has 0 rings (SSSR count). The molecule has 0 heterocycles. The van der Waals surface area contributed by atoms with Crippen LogP contribution in [0.5, 0.6) is 0 Å². The Bertz CT molecular complexity index is 1440. The first kappa shape index (κ1) is 69.3. The maximum Gasteiger partial charge on any atom is 0.306 e. The summed E-state index contributed by atoms with van der Waals surface area (Å²) < 4.78 is 16.8. The highest BCUT2D eigenvalue weighted by Gasteiger charge is 2.19. The van der Waals surface area contributed by atoms with E-state index in [0.29, 0.717) is 12.8 Å². The van der Waals surface area contributed by atoms with E-state index < -0.39 is 6.10 Å². The summed E-state index contributed by atoms with van der Waals surface area (Å²) in [6.07, 6.45) is 81.5. The van der Waals surface area contributed by atoms with Crippen LogP contribution in [0.1, 0.15) is 290 Å². The molecule has 1 atom stereocenters. The first-order valence-corrected chi connectivity index (χ1v) is 30.7. The van der Waals surface area contributed by atoms with Crippen LogP contribution in [0.2, 0.25) is 0 Å². The lowest BCUT2D eigenvalue weighted by molar-refractivity contribution is -0.166. The predicted molar refractivity (Wildman–Crippen MR) is 316 cm³/mol. The Labute approximate surface area is 451 Å². The topological polar surface area (TPSA) is 78.9 Å². The van der Waals surface area contributed by atoms with Crippen molar-refractivity contribution >= 4 is 17.9 Å². The molecule has 0 aliphatic carbocycles. The second kappa shape index (κ2) is 60.9. The lowest BCUT2D eigenvalue weighted by atomic mass is 10.0. The molecule has 0 spiro atoms. The summed E-state index contributed by atoms with van der Waals surface area (Å²) in [5, 5.41) is 0. The van der Waals surface area contributed by atoms with Crippen LogP contribution >= 0.6 is 0 Å². The van der Waals surface area contributed by atoms with Crippen LogP contribution in [0.3, 0.4) is 0 Å². The summed E-state index contributed by atoms with van der Waals surface area (Å²) in [6, 6.07) is 0. The second-order valence-electron chi connectivity index (χ2n) is 20.2. The van der Waals surface area contributed by atoms with Gasteiger partial charge in [0.1, 0.15) is 13.2 Å². The van der Waals surface area contributed by atoms with E-state index in [1.807, 2.05) is 6.08 Å². The fraction of sp³-hybridized carbons (Fsp3) is 0.716. The highest BCUT2D eigenvalue weighted by molar-refractivity contribution is 5.71. The fourth-order valence-corrected chi connectivity index (χ4v) is 8.57. The average Bonchev–Trinajstić information content (AvgIpc) is 3.39. The summed E-state index contributed by atoms with van der Waals surface area (Å²) in [5.41, 5.74) is 0. The molecule has 0 amide bonds. The molecule has 0 aromatic carbocycles. The molecule has 0 N–H and O–H groups in total. The van der Waals surface area contributed by atoms with E-state index in [-0.39, 0.29) is 44.0 Å². The van der Waals surface area contributed by atoms with E-state index in [1.165, 1.54) is 141 Å². The zero-order chi connectivity index (χ0) is 52.9. The minimum atomic E-state index is -0.819. The standard InChI is InChI=1S/C67H114O6/c1-4-7-10-13-16-19-22-25-27-29-30-31-32-33-34-35-36-38-39-42-45-48-51-54-57-60-66(69)72-63-64(62-71-65(68)59-56-53-50-47-44-41-24-21-18-15-12-9-6-3)73-67(70)61-58-55-52-49-46-43-40-37-28-26-23-20-17-14-11-8-5-2/h8-9,11-12,17-18,20-21,26,28,40-41,43-44,50,53,64H,4-7,10,13-16,19,22-25,27,29-39,42,45-49,51-52,54-63H2,1-3H3/b11-8-,12-9-,20-17-,21-18-,28-26-,43-40-,44-41-,53-50-. The van der Waals surface area contributed by atoms with Gasteiger partial charge in [-0.15, -0.1) is 0 Å². The molecule has 0 bridgehead atoms. The lowest BCUT2D eigenvalue weighted by Gasteiger charge is -2.18. The van der Waals surface area contributed by atoms with E-state index in [2.05, 4.69) is 112 Å². The van der Waals surface area contributed by atoms with Crippen molar-refractivity contribution in [3.63, 3.8) is 0 Å². The van der Waals surface area contributed by atoms with Gasteiger partial charge in [-0.2, -0.15) is 0 Å². The number of ether oxygens (including phenoxy) is 3. The van der Waals surface area contributed by atoms with E-state index in [1.54, 1.807) is 0 Å². The summed E-state index contributed by atoms with van der Waals surface area (Å²) in [6.45, 7) is 6.35. The van der Waals surface area contributed by atoms with Crippen molar-refractivity contribution in [2.75, 3.05) is 13.2 Å². The molecular formula is C67H114O6. The van der Waals surface area contributed by atoms with Crippen molar-refractivity contribution < 1.29 is 28.6 Å². The number of rotatable bonds is 55. The summed E-state index contributed by atoms with van der Waals surface area (Å²) in [5.74, 6) is -1.01. The van der Waals surface area contributed by atoms with Gasteiger partial charge >= 0.3 is 17.9 Å². The predicted octanol–water partition coefficient (Wildman–Crippen LogP) is 20.9. The largest absolute Gasteiger partial charge is 0.462 e. The quantitative estimate of drug-likeness (QED) is 0.0261. The number of carbonyl (C=O) groups excluding carboxylic acids is 3. The Kier molecular flexibility index (Phi) is 57.8. The minimum Gasteiger partial charge on any atom is -0.462 e. The van der Waals surface area contributed by atoms with Crippen molar-refractivity contribution in [2.24, 2.45) is 0 Å². The highest BCUT2D eigenvalue weighted by atomic mass is 16.6. The molecule has 0 aliphatic heterocycles. The number of unbranched alkanes of at least 4 members (excludes halogenated alkanes) is 28. The Morgan fingerprint density at radius 2 is 0.562 bits per heavy atom. The van der Waals surface area contributed by atoms with Gasteiger partial charge in [0.15, 0.2) is 6.10 Å². The van der Waals surface area contributed by atoms with E-state index >= 15 is 0 Å². The van der Waals surface area contributed by atoms with Gasteiger partial charge < -0.3 is 14.2 Å². The first-order valence-electron chi connectivity index (χ1n) is 30.7. The smallest absolute Gasteiger partial charge is 0.306 e. The van der Waals surface area contributed by atoms with Crippen LogP contribution in [0.15, 0.2) is 97.2 Å². The summed E-state index contributed by atoms with van der Waals surface area (Å²) >= 11 is 0. The third kappa shape index (κ3) is 59.1. The SMILES string of the molecule is CC/C=C\C/C=C\C/C=C\C/C=C\CCCCCCC(=O)OC(COC(=O)CC/C=C\C/C=C\C/C=C\C/C=C\CC)COC(=O)CCCCCCCCCCCCCCCCCCCCCCCCCCC. The molecule has 0 saturated carbocycles. The van der Waals surface area contributed by atoms with E-state index in [0.717, 1.165) is 103 Å². The van der Waals surface area contributed by atoms with Gasteiger partial charge in [0, 0.05) is 19.3 Å². The average molecular weight is 1020 g/mol. The zero-order valence-electron chi connectivity index (χ0n) is 47.9. The van der Waals surface area contributed by atoms with Crippen LogP contribution in [0, 0.1) is 0 Å². The van der Waals surface area contributed by atoms with Gasteiger partial charge in [-0.1, -0.05) is 285 Å². The van der Waals surface area contributed by atoms with Crippen molar-refractivity contribution in [2.45, 2.75) is 297 Å². The van der Waals surface area contributed by atoms with Crippen LogP contribution in [0.25, 0.3) is 0 Å². The molecular weight excluding hydrogens is 901 g/mol. The first-order chi connectivity index (χ1) is 36.0. The molecule has 6 nitrogen and oxygen atoms in total. The molecule has 0 fully saturated rings. The molecule has 1 unspecified atom stereocenters. The maximum atomic E-state index is 12.9. The van der Waals surface area contributed by atoms with Crippen LogP contribution < -0.4 is 0 Å². The van der Waals surface area contributed by atoms with Crippen molar-refractivity contribution in [3.05, 3.63) is 97.2 Å². The van der Waals surface area contributed by atoms with Gasteiger partial charge in [0.25, 0.3) is 0 Å². The van der Waals surface area contributed by atoms with E-state index in [4.69, 9.17) is 14.2 Å². The summed E-state index contributed by atoms with van der Waals surface area (Å²) in [7, 11) is 0.